The van der Waals surface area contributed by atoms with Crippen LogP contribution in [-0.2, 0) is 0 Å². The predicted molar refractivity (Wildman–Crippen MR) is 112 cm³/mol. The summed E-state index contributed by atoms with van der Waals surface area (Å²) in [5.74, 6) is -0.0729. The third-order valence-electron chi connectivity index (χ3n) is 6.06. The van der Waals surface area contributed by atoms with Crippen LogP contribution in [0.5, 0.6) is 0 Å². The van der Waals surface area contributed by atoms with Gasteiger partial charge in [0.2, 0.25) is 0 Å². The Bertz CT molecular complexity index is 937. The largest absolute Gasteiger partial charge is 0.354 e. The van der Waals surface area contributed by atoms with Crippen LogP contribution in [0, 0.1) is 13.8 Å². The van der Waals surface area contributed by atoms with E-state index in [9.17, 15) is 9.59 Å². The molecule has 146 valence electrons. The normalized spacial score (nSPS) is 19.0. The number of carbonyl (C=O) groups excluding carboxylic acids is 2. The Balaban J connectivity index is 1.62. The summed E-state index contributed by atoms with van der Waals surface area (Å²) in [5.41, 5.74) is 5.22. The molecule has 2 aliphatic heterocycles. The van der Waals surface area contributed by atoms with E-state index in [4.69, 9.17) is 0 Å². The number of benzene rings is 2. The van der Waals surface area contributed by atoms with Gasteiger partial charge in [0.25, 0.3) is 11.8 Å². The lowest BCUT2D eigenvalue weighted by atomic mass is 10.0. The molecule has 0 spiro atoms. The maximum atomic E-state index is 13.0. The van der Waals surface area contributed by atoms with E-state index in [1.54, 1.807) is 12.1 Å². The van der Waals surface area contributed by atoms with Crippen LogP contribution in [0.15, 0.2) is 36.4 Å². The molecule has 0 bridgehead atoms. The number of fused-ring (bicyclic) bond motifs is 2. The molecule has 28 heavy (non-hydrogen) atoms. The van der Waals surface area contributed by atoms with Crippen molar-refractivity contribution in [3.63, 3.8) is 0 Å². The number of nitrogens with zero attached hydrogens (tertiary/aromatic N) is 2. The monoisotopic (exact) mass is 377 g/mol. The van der Waals surface area contributed by atoms with Crippen molar-refractivity contribution in [3.05, 3.63) is 58.7 Å². The molecule has 1 saturated heterocycles. The number of carbonyl (C=O) groups is 2. The average molecular weight is 377 g/mol. The van der Waals surface area contributed by atoms with Gasteiger partial charge in [0, 0.05) is 24.8 Å². The Labute approximate surface area is 166 Å². The zero-order valence-electron chi connectivity index (χ0n) is 16.8. The summed E-state index contributed by atoms with van der Waals surface area (Å²) < 4.78 is 0. The van der Waals surface area contributed by atoms with Crippen LogP contribution in [-0.4, -0.2) is 36.5 Å². The third-order valence-corrected chi connectivity index (χ3v) is 6.06. The molecule has 5 nitrogen and oxygen atoms in total. The Kier molecular flexibility index (Phi) is 4.84. The van der Waals surface area contributed by atoms with Gasteiger partial charge in [0.15, 0.2) is 0 Å². The number of aryl methyl sites for hydroxylation is 2. The van der Waals surface area contributed by atoms with Crippen molar-refractivity contribution in [1.82, 2.24) is 4.90 Å². The van der Waals surface area contributed by atoms with Crippen LogP contribution in [0.1, 0.15) is 57.5 Å². The first-order valence-corrected chi connectivity index (χ1v) is 10.0. The number of amides is 2. The van der Waals surface area contributed by atoms with Gasteiger partial charge in [0.1, 0.15) is 6.17 Å². The Morgan fingerprint density at radius 3 is 2.64 bits per heavy atom. The van der Waals surface area contributed by atoms with Crippen molar-refractivity contribution in [2.24, 2.45) is 0 Å². The molecule has 2 heterocycles. The van der Waals surface area contributed by atoms with E-state index in [1.807, 2.05) is 50.1 Å². The van der Waals surface area contributed by atoms with Gasteiger partial charge in [-0.05, 0) is 74.6 Å². The zero-order valence-corrected chi connectivity index (χ0v) is 16.8. The van der Waals surface area contributed by atoms with E-state index in [2.05, 4.69) is 10.2 Å². The third kappa shape index (κ3) is 3.26. The standard InChI is InChI=1S/C23H27N3O2/c1-15-8-10-18(13-16(15)2)24-22(27)17-9-11-19-20(14-17)25(3)21-7-5-4-6-12-26(21)23(19)28/h8-11,13-14,21H,4-7,12H2,1-3H3,(H,24,27)/t21-/m0/s1. The summed E-state index contributed by atoms with van der Waals surface area (Å²) in [7, 11) is 2.03. The maximum absolute atomic E-state index is 13.0. The second kappa shape index (κ2) is 7.30. The summed E-state index contributed by atoms with van der Waals surface area (Å²) >= 11 is 0. The van der Waals surface area contributed by atoms with E-state index in [0.29, 0.717) is 11.1 Å². The molecule has 0 radical (unpaired) electrons. The molecule has 0 aromatic heterocycles. The lowest BCUT2D eigenvalue weighted by Crippen LogP contribution is -2.53. The van der Waals surface area contributed by atoms with Crippen LogP contribution < -0.4 is 10.2 Å². The molecule has 1 N–H and O–H groups in total. The number of hydrogen-bond donors (Lipinski definition) is 1. The molecule has 2 aromatic carbocycles. The SMILES string of the molecule is Cc1ccc(NC(=O)c2ccc3c(c2)N(C)[C@@H]2CCCCCN2C3=O)cc1C. The predicted octanol–water partition coefficient (Wildman–Crippen LogP) is 4.35. The topological polar surface area (TPSA) is 52.7 Å². The highest BCUT2D eigenvalue weighted by atomic mass is 16.2. The molecule has 0 saturated carbocycles. The fourth-order valence-electron chi connectivity index (χ4n) is 4.21. The van der Waals surface area contributed by atoms with Crippen LogP contribution in [0.2, 0.25) is 0 Å². The minimum absolute atomic E-state index is 0.0839. The minimum atomic E-state index is -0.157. The highest BCUT2D eigenvalue weighted by Gasteiger charge is 2.36. The maximum Gasteiger partial charge on any atom is 0.257 e. The van der Waals surface area contributed by atoms with Crippen molar-refractivity contribution >= 4 is 23.2 Å². The van der Waals surface area contributed by atoms with Crippen LogP contribution in [0.25, 0.3) is 0 Å². The quantitative estimate of drug-likeness (QED) is 0.847. The molecule has 2 aliphatic rings. The number of hydrogen-bond acceptors (Lipinski definition) is 3. The second-order valence-electron chi connectivity index (χ2n) is 7.92. The van der Waals surface area contributed by atoms with E-state index >= 15 is 0 Å². The van der Waals surface area contributed by atoms with Crippen molar-refractivity contribution < 1.29 is 9.59 Å². The lowest BCUT2D eigenvalue weighted by molar-refractivity contribution is 0.0661. The summed E-state index contributed by atoms with van der Waals surface area (Å²) in [5, 5.41) is 2.97. The molecule has 2 aromatic rings. The van der Waals surface area contributed by atoms with E-state index in [0.717, 1.165) is 49.2 Å². The van der Waals surface area contributed by atoms with E-state index in [1.165, 1.54) is 5.56 Å². The summed E-state index contributed by atoms with van der Waals surface area (Å²) in [4.78, 5) is 29.9. The van der Waals surface area contributed by atoms with Gasteiger partial charge in [-0.15, -0.1) is 0 Å². The number of anilines is 2. The average Bonchev–Trinajstić information content (AvgIpc) is 2.95. The fraction of sp³-hybridized carbons (Fsp3) is 0.391. The van der Waals surface area contributed by atoms with Gasteiger partial charge < -0.3 is 15.1 Å². The van der Waals surface area contributed by atoms with Crippen molar-refractivity contribution in [1.29, 1.82) is 0 Å². The van der Waals surface area contributed by atoms with Crippen LogP contribution >= 0.6 is 0 Å². The highest BCUT2D eigenvalue weighted by molar-refractivity contribution is 6.08. The van der Waals surface area contributed by atoms with Gasteiger partial charge >= 0.3 is 0 Å². The number of nitrogens with one attached hydrogen (secondary N) is 1. The lowest BCUT2D eigenvalue weighted by Gasteiger charge is -2.43. The summed E-state index contributed by atoms with van der Waals surface area (Å²) in [6.07, 6.45) is 4.40. The number of rotatable bonds is 2. The summed E-state index contributed by atoms with van der Waals surface area (Å²) in [6, 6.07) is 11.3. The Morgan fingerprint density at radius 2 is 1.86 bits per heavy atom. The second-order valence-corrected chi connectivity index (χ2v) is 7.92. The van der Waals surface area contributed by atoms with E-state index in [-0.39, 0.29) is 18.0 Å². The van der Waals surface area contributed by atoms with Crippen molar-refractivity contribution in [2.45, 2.75) is 45.7 Å². The molecule has 0 aliphatic carbocycles. The molecular weight excluding hydrogens is 350 g/mol. The van der Waals surface area contributed by atoms with Gasteiger partial charge in [-0.2, -0.15) is 0 Å². The van der Waals surface area contributed by atoms with Gasteiger partial charge in [0.05, 0.1) is 11.3 Å². The molecule has 5 heteroatoms. The Morgan fingerprint density at radius 1 is 1.04 bits per heavy atom. The smallest absolute Gasteiger partial charge is 0.257 e. The minimum Gasteiger partial charge on any atom is -0.354 e. The van der Waals surface area contributed by atoms with Gasteiger partial charge in [-0.25, -0.2) is 0 Å². The molecule has 0 unspecified atom stereocenters. The van der Waals surface area contributed by atoms with Gasteiger partial charge in [-0.1, -0.05) is 12.5 Å². The molecular formula is C23H27N3O2. The Hall–Kier alpha value is -2.82. The van der Waals surface area contributed by atoms with Crippen molar-refractivity contribution in [3.8, 4) is 0 Å². The van der Waals surface area contributed by atoms with Crippen LogP contribution in [0.3, 0.4) is 0 Å². The molecule has 2 amide bonds. The van der Waals surface area contributed by atoms with Crippen molar-refractivity contribution in [2.75, 3.05) is 23.8 Å². The first kappa shape index (κ1) is 18.5. The van der Waals surface area contributed by atoms with Crippen LogP contribution in [0.4, 0.5) is 11.4 Å². The molecule has 1 fully saturated rings. The molecule has 4 rings (SSSR count). The highest BCUT2D eigenvalue weighted by Crippen LogP contribution is 2.34. The zero-order chi connectivity index (χ0) is 19.8. The first-order valence-electron chi connectivity index (χ1n) is 10.0. The van der Waals surface area contributed by atoms with E-state index < -0.39 is 0 Å². The summed E-state index contributed by atoms with van der Waals surface area (Å²) in [6.45, 7) is 4.89. The fourth-order valence-corrected chi connectivity index (χ4v) is 4.21. The van der Waals surface area contributed by atoms with Gasteiger partial charge in [-0.3, -0.25) is 9.59 Å². The molecule has 1 atom stereocenters. The first-order chi connectivity index (χ1) is 13.5.